The van der Waals surface area contributed by atoms with Gasteiger partial charge in [-0.25, -0.2) is 9.59 Å². The van der Waals surface area contributed by atoms with E-state index in [0.29, 0.717) is 37.1 Å². The van der Waals surface area contributed by atoms with Gasteiger partial charge in [0.15, 0.2) is 0 Å². The first-order chi connectivity index (χ1) is 13.1. The lowest BCUT2D eigenvalue weighted by Crippen LogP contribution is -2.41. The number of anilines is 1. The molecule has 1 amide bonds. The molecule has 1 aliphatic rings. The number of hydrogen-bond acceptors (Lipinski definition) is 5. The minimum absolute atomic E-state index is 0.336. The van der Waals surface area contributed by atoms with Crippen LogP contribution in [0.1, 0.15) is 53.5 Å². The van der Waals surface area contributed by atoms with Crippen molar-refractivity contribution in [3.05, 3.63) is 29.8 Å². The summed E-state index contributed by atoms with van der Waals surface area (Å²) in [6.07, 6.45) is 1.88. The molecule has 0 aliphatic carbocycles. The van der Waals surface area contributed by atoms with E-state index in [1.165, 1.54) is 0 Å². The fourth-order valence-electron chi connectivity index (χ4n) is 2.95. The molecule has 0 spiro atoms. The maximum absolute atomic E-state index is 12.5. The van der Waals surface area contributed by atoms with Gasteiger partial charge in [0.05, 0.1) is 18.8 Å². The van der Waals surface area contributed by atoms with E-state index in [9.17, 15) is 9.59 Å². The van der Waals surface area contributed by atoms with E-state index in [1.54, 1.807) is 17.9 Å². The highest BCUT2D eigenvalue weighted by atomic mass is 16.6. The molecule has 0 atom stereocenters. The molecule has 1 aromatic carbocycles. The van der Waals surface area contributed by atoms with Crippen molar-refractivity contribution in [3.8, 4) is 5.75 Å². The molecule has 0 saturated heterocycles. The molecule has 1 heterocycles. The maximum Gasteiger partial charge on any atom is 0.415 e. The van der Waals surface area contributed by atoms with Crippen LogP contribution in [0.3, 0.4) is 0 Å². The highest BCUT2D eigenvalue weighted by Gasteiger charge is 2.28. The lowest BCUT2D eigenvalue weighted by atomic mass is 9.95. The molecule has 2 rings (SSSR count). The summed E-state index contributed by atoms with van der Waals surface area (Å²) < 4.78 is 16.4. The molecule has 0 bridgehead atoms. The Morgan fingerprint density at radius 3 is 2.61 bits per heavy atom. The third kappa shape index (κ3) is 6.01. The van der Waals surface area contributed by atoms with E-state index in [2.05, 4.69) is 13.8 Å². The van der Waals surface area contributed by atoms with Gasteiger partial charge >= 0.3 is 12.1 Å². The van der Waals surface area contributed by atoms with E-state index >= 15 is 0 Å². The predicted octanol–water partition coefficient (Wildman–Crippen LogP) is 4.81. The Labute approximate surface area is 167 Å². The molecule has 28 heavy (non-hydrogen) atoms. The van der Waals surface area contributed by atoms with Crippen LogP contribution in [0.2, 0.25) is 0 Å². The summed E-state index contributed by atoms with van der Waals surface area (Å²) in [6, 6.07) is 5.62. The van der Waals surface area contributed by atoms with Crippen LogP contribution in [-0.4, -0.2) is 37.4 Å². The Kier molecular flexibility index (Phi) is 7.11. The van der Waals surface area contributed by atoms with Gasteiger partial charge in [0.25, 0.3) is 0 Å². The van der Waals surface area contributed by atoms with Crippen LogP contribution < -0.4 is 9.64 Å². The van der Waals surface area contributed by atoms with Crippen LogP contribution in [0, 0.1) is 5.92 Å². The Bertz CT molecular complexity index is 746. The van der Waals surface area contributed by atoms with E-state index in [0.717, 1.165) is 17.6 Å². The number of allylic oxidation sites excluding steroid dienone is 1. The van der Waals surface area contributed by atoms with E-state index < -0.39 is 11.7 Å². The number of benzene rings is 1. The van der Waals surface area contributed by atoms with Crippen molar-refractivity contribution < 1.29 is 23.8 Å². The molecule has 154 valence electrons. The Hall–Kier alpha value is -2.50. The highest BCUT2D eigenvalue weighted by Crippen LogP contribution is 2.36. The average Bonchev–Trinajstić information content (AvgIpc) is 2.58. The molecular weight excluding hydrogens is 358 g/mol. The summed E-state index contributed by atoms with van der Waals surface area (Å²) in [7, 11) is 0. The SMILES string of the molecule is CCOC(=O)/C=C(/CC(C)C)c1ccc2c(c1)OCCN2C(=O)OC(C)(C)C. The van der Waals surface area contributed by atoms with Crippen LogP contribution in [0.15, 0.2) is 24.3 Å². The first-order valence-electron chi connectivity index (χ1n) is 9.75. The number of carbonyl (C=O) groups is 2. The van der Waals surface area contributed by atoms with Crippen molar-refractivity contribution in [2.45, 2.75) is 53.6 Å². The van der Waals surface area contributed by atoms with Crippen molar-refractivity contribution in [1.29, 1.82) is 0 Å². The minimum Gasteiger partial charge on any atom is -0.490 e. The van der Waals surface area contributed by atoms with Crippen LogP contribution >= 0.6 is 0 Å². The topological polar surface area (TPSA) is 65.1 Å². The van der Waals surface area contributed by atoms with Gasteiger partial charge in [0.1, 0.15) is 18.0 Å². The summed E-state index contributed by atoms with van der Waals surface area (Å²) in [6.45, 7) is 12.6. The van der Waals surface area contributed by atoms with Crippen molar-refractivity contribution in [2.24, 2.45) is 5.92 Å². The van der Waals surface area contributed by atoms with Crippen LogP contribution in [0.25, 0.3) is 5.57 Å². The smallest absolute Gasteiger partial charge is 0.415 e. The number of carbonyl (C=O) groups excluding carboxylic acids is 2. The molecule has 1 aliphatic heterocycles. The zero-order chi connectivity index (χ0) is 20.9. The zero-order valence-electron chi connectivity index (χ0n) is 17.7. The van der Waals surface area contributed by atoms with Gasteiger partial charge in [0.2, 0.25) is 0 Å². The third-order valence-corrected chi connectivity index (χ3v) is 4.01. The number of fused-ring (bicyclic) bond motifs is 1. The molecule has 0 unspecified atom stereocenters. The number of hydrogen-bond donors (Lipinski definition) is 0. The summed E-state index contributed by atoms with van der Waals surface area (Å²) >= 11 is 0. The largest absolute Gasteiger partial charge is 0.490 e. The molecule has 6 heteroatoms. The van der Waals surface area contributed by atoms with Crippen LogP contribution in [-0.2, 0) is 14.3 Å². The quantitative estimate of drug-likeness (QED) is 0.534. The third-order valence-electron chi connectivity index (χ3n) is 4.01. The second-order valence-electron chi connectivity index (χ2n) is 8.18. The van der Waals surface area contributed by atoms with Gasteiger partial charge in [-0.05, 0) is 63.3 Å². The van der Waals surface area contributed by atoms with Gasteiger partial charge in [-0.1, -0.05) is 19.9 Å². The summed E-state index contributed by atoms with van der Waals surface area (Å²) in [5.41, 5.74) is 1.87. The van der Waals surface area contributed by atoms with Gasteiger partial charge in [0, 0.05) is 6.08 Å². The first-order valence-corrected chi connectivity index (χ1v) is 9.75. The minimum atomic E-state index is -0.567. The van der Waals surface area contributed by atoms with Gasteiger partial charge in [-0.2, -0.15) is 0 Å². The summed E-state index contributed by atoms with van der Waals surface area (Å²) in [5, 5.41) is 0. The van der Waals surface area contributed by atoms with Crippen molar-refractivity contribution in [3.63, 3.8) is 0 Å². The number of esters is 1. The van der Waals surface area contributed by atoms with E-state index in [1.807, 2.05) is 39.0 Å². The van der Waals surface area contributed by atoms with Crippen molar-refractivity contribution in [2.75, 3.05) is 24.7 Å². The van der Waals surface area contributed by atoms with Gasteiger partial charge < -0.3 is 14.2 Å². The molecule has 0 radical (unpaired) electrons. The highest BCUT2D eigenvalue weighted by molar-refractivity contribution is 5.93. The number of nitrogens with zero attached hydrogens (tertiary/aromatic N) is 1. The Morgan fingerprint density at radius 2 is 2.00 bits per heavy atom. The average molecular weight is 389 g/mol. The molecule has 0 saturated carbocycles. The number of rotatable bonds is 5. The molecular formula is C22H31NO5. The maximum atomic E-state index is 12.5. The molecule has 0 fully saturated rings. The van der Waals surface area contributed by atoms with Crippen LogP contribution in [0.4, 0.5) is 10.5 Å². The second kappa shape index (κ2) is 9.13. The monoisotopic (exact) mass is 389 g/mol. The fourth-order valence-corrected chi connectivity index (χ4v) is 2.95. The summed E-state index contributed by atoms with van der Waals surface area (Å²) in [4.78, 5) is 26.1. The van der Waals surface area contributed by atoms with E-state index in [4.69, 9.17) is 14.2 Å². The Morgan fingerprint density at radius 1 is 1.29 bits per heavy atom. The molecule has 0 N–H and O–H groups in total. The standard InChI is InChI=1S/C22H31NO5/c1-7-26-20(24)14-17(12-15(2)3)16-8-9-18-19(13-16)27-11-10-23(18)21(25)28-22(4,5)6/h8-9,13-15H,7,10-12H2,1-6H3/b17-14-. The molecule has 1 aromatic rings. The normalized spacial score (nSPS) is 14.4. The second-order valence-corrected chi connectivity index (χ2v) is 8.18. The lowest BCUT2D eigenvalue weighted by molar-refractivity contribution is -0.137. The number of amides is 1. The van der Waals surface area contributed by atoms with Crippen LogP contribution in [0.5, 0.6) is 5.75 Å². The fraction of sp³-hybridized carbons (Fsp3) is 0.545. The van der Waals surface area contributed by atoms with Gasteiger partial charge in [-0.15, -0.1) is 0 Å². The van der Waals surface area contributed by atoms with Gasteiger partial charge in [-0.3, -0.25) is 4.90 Å². The molecule has 6 nitrogen and oxygen atoms in total. The number of ether oxygens (including phenoxy) is 3. The van der Waals surface area contributed by atoms with Crippen molar-refractivity contribution >= 4 is 23.3 Å². The molecule has 0 aromatic heterocycles. The Balaban J connectivity index is 2.34. The zero-order valence-corrected chi connectivity index (χ0v) is 17.7. The predicted molar refractivity (Wildman–Crippen MR) is 110 cm³/mol. The van der Waals surface area contributed by atoms with E-state index in [-0.39, 0.29) is 5.97 Å². The summed E-state index contributed by atoms with van der Waals surface area (Å²) in [5.74, 6) is 0.621. The first kappa shape index (κ1) is 21.8. The van der Waals surface area contributed by atoms with Crippen molar-refractivity contribution in [1.82, 2.24) is 0 Å². The lowest BCUT2D eigenvalue weighted by Gasteiger charge is -2.32.